The highest BCUT2D eigenvalue weighted by Crippen LogP contribution is 2.49. The van der Waals surface area contributed by atoms with Crippen molar-refractivity contribution in [3.05, 3.63) is 78.4 Å². The summed E-state index contributed by atoms with van der Waals surface area (Å²) in [4.78, 5) is 26.8. The highest BCUT2D eigenvalue weighted by atomic mass is 19.1. The third-order valence-electron chi connectivity index (χ3n) is 8.25. The van der Waals surface area contributed by atoms with Gasteiger partial charge in [0.2, 0.25) is 0 Å². The number of aromatic nitrogens is 5. The molecule has 4 aromatic rings. The molecule has 3 aromatic heterocycles. The highest BCUT2D eigenvalue weighted by molar-refractivity contribution is 5.94. The fourth-order valence-electron chi connectivity index (χ4n) is 6.01. The van der Waals surface area contributed by atoms with Gasteiger partial charge in [0.15, 0.2) is 0 Å². The Hall–Kier alpha value is -4.52. The van der Waals surface area contributed by atoms with E-state index in [0.717, 1.165) is 60.5 Å². The Labute approximate surface area is 238 Å². The topological polar surface area (TPSA) is 130 Å². The van der Waals surface area contributed by atoms with E-state index in [9.17, 15) is 9.18 Å². The molecule has 0 saturated heterocycles. The van der Waals surface area contributed by atoms with Gasteiger partial charge in [-0.15, -0.1) is 0 Å². The Bertz CT molecular complexity index is 1590. The molecular weight excluding hydrogens is 519 g/mol. The van der Waals surface area contributed by atoms with Crippen LogP contribution < -0.4 is 5.73 Å². The predicted octanol–water partition coefficient (Wildman–Crippen LogP) is 5.38. The fraction of sp³-hybridized carbons (Fsp3) is 0.387. The molecule has 0 spiro atoms. The van der Waals surface area contributed by atoms with Crippen molar-refractivity contribution in [2.75, 3.05) is 13.1 Å². The quantitative estimate of drug-likeness (QED) is 0.256. The number of fused-ring (bicyclic) bond motifs is 1. The first-order valence-corrected chi connectivity index (χ1v) is 14.1. The number of hydrogen-bond donors (Lipinski definition) is 2. The van der Waals surface area contributed by atoms with Gasteiger partial charge in [0.25, 0.3) is 5.91 Å². The summed E-state index contributed by atoms with van der Waals surface area (Å²) in [5, 5.41) is 14.8. The van der Waals surface area contributed by atoms with Gasteiger partial charge in [0, 0.05) is 42.0 Å². The molecule has 0 bridgehead atoms. The van der Waals surface area contributed by atoms with Crippen molar-refractivity contribution in [2.24, 2.45) is 17.6 Å². The molecule has 0 aliphatic heterocycles. The van der Waals surface area contributed by atoms with Gasteiger partial charge in [-0.3, -0.25) is 9.48 Å². The molecule has 212 valence electrons. The number of rotatable bonds is 11. The molecule has 9 nitrogen and oxygen atoms in total. The summed E-state index contributed by atoms with van der Waals surface area (Å²) >= 11 is 0. The summed E-state index contributed by atoms with van der Waals surface area (Å²) < 4.78 is 16.0. The molecule has 3 heterocycles. The number of aromatic amines is 1. The first-order chi connectivity index (χ1) is 19.9. The Balaban J connectivity index is 1.21. The van der Waals surface area contributed by atoms with Gasteiger partial charge in [0.1, 0.15) is 17.8 Å². The first-order valence-electron chi connectivity index (χ1n) is 14.1. The zero-order chi connectivity index (χ0) is 29.0. The molecule has 1 fully saturated rings. The molecule has 10 heteroatoms. The highest BCUT2D eigenvalue weighted by Gasteiger charge is 2.46. The molecule has 1 aromatic carbocycles. The van der Waals surface area contributed by atoms with E-state index in [2.05, 4.69) is 21.9 Å². The van der Waals surface area contributed by atoms with Crippen molar-refractivity contribution in [3.8, 4) is 17.3 Å². The lowest BCUT2D eigenvalue weighted by atomic mass is 9.63. The lowest BCUT2D eigenvalue weighted by Crippen LogP contribution is -2.47. The second kappa shape index (κ2) is 11.9. The summed E-state index contributed by atoms with van der Waals surface area (Å²) in [6, 6.07) is 7.70. The summed E-state index contributed by atoms with van der Waals surface area (Å²) in [5.41, 5.74) is 8.53. The number of carbonyl (C=O) groups is 1. The van der Waals surface area contributed by atoms with Gasteiger partial charge >= 0.3 is 0 Å². The molecule has 1 saturated carbocycles. The number of nitrogens with two attached hydrogens (primary N) is 1. The van der Waals surface area contributed by atoms with Crippen LogP contribution in [-0.4, -0.2) is 48.6 Å². The van der Waals surface area contributed by atoms with E-state index in [0.29, 0.717) is 24.9 Å². The zero-order valence-electron chi connectivity index (χ0n) is 23.4. The van der Waals surface area contributed by atoms with Gasteiger partial charge in [-0.25, -0.2) is 14.4 Å². The normalized spacial score (nSPS) is 19.2. The first kappa shape index (κ1) is 28.0. The SMILES string of the molecule is CCCN(CCCC(C)C1CC(/C=C/N)(n2cc(-c3ncnc4[nH]ccc34)cn2)C1)C(=O)c1cc(F)cc(C#N)c1. The van der Waals surface area contributed by atoms with Crippen molar-refractivity contribution < 1.29 is 9.18 Å². The van der Waals surface area contributed by atoms with Crippen LogP contribution >= 0.6 is 0 Å². The number of benzene rings is 1. The van der Waals surface area contributed by atoms with E-state index in [1.807, 2.05) is 48.4 Å². The maximum atomic E-state index is 13.9. The predicted molar refractivity (Wildman–Crippen MR) is 155 cm³/mol. The van der Waals surface area contributed by atoms with Crippen LogP contribution in [-0.2, 0) is 5.54 Å². The van der Waals surface area contributed by atoms with Crippen molar-refractivity contribution in [3.63, 3.8) is 0 Å². The number of nitrogens with one attached hydrogen (secondary N) is 1. The average Bonchev–Trinajstić information content (AvgIpc) is 3.64. The smallest absolute Gasteiger partial charge is 0.254 e. The molecule has 3 N–H and O–H groups in total. The number of allylic oxidation sites excluding steroid dienone is 1. The Morgan fingerprint density at radius 2 is 2.17 bits per heavy atom. The lowest BCUT2D eigenvalue weighted by Gasteiger charge is -2.48. The van der Waals surface area contributed by atoms with Crippen LogP contribution in [0, 0.1) is 29.0 Å². The fourth-order valence-corrected chi connectivity index (χ4v) is 6.01. The molecule has 1 aliphatic rings. The Morgan fingerprint density at radius 3 is 2.93 bits per heavy atom. The van der Waals surface area contributed by atoms with Crippen LogP contribution in [0.3, 0.4) is 0 Å². The second-order valence-electron chi connectivity index (χ2n) is 11.0. The van der Waals surface area contributed by atoms with Crippen molar-refractivity contribution in [1.82, 2.24) is 29.6 Å². The Morgan fingerprint density at radius 1 is 1.34 bits per heavy atom. The van der Waals surface area contributed by atoms with E-state index < -0.39 is 5.82 Å². The molecule has 1 atom stereocenters. The lowest BCUT2D eigenvalue weighted by molar-refractivity contribution is 0.0563. The van der Waals surface area contributed by atoms with Gasteiger partial charge in [-0.2, -0.15) is 10.4 Å². The number of H-pyrrole nitrogens is 1. The van der Waals surface area contributed by atoms with E-state index >= 15 is 0 Å². The zero-order valence-corrected chi connectivity index (χ0v) is 23.4. The summed E-state index contributed by atoms with van der Waals surface area (Å²) in [7, 11) is 0. The molecular formula is C31H35FN8O. The summed E-state index contributed by atoms with van der Waals surface area (Å²) in [6.45, 7) is 5.45. The van der Waals surface area contributed by atoms with Gasteiger partial charge in [-0.1, -0.05) is 13.8 Å². The standard InChI is InChI=1S/C31H35FN8O/c1-3-10-39(30(41)23-12-22(17-34)13-26(32)14-23)11-4-5-21(2)24-15-31(16-24,7-8-33)40-19-25(18-38-40)28-27-6-9-35-29(27)37-20-36-28/h6-9,12-14,18-21,24H,3-5,10-11,15-16,33H2,1-2H3,(H,35,36,37)/b8-7+. The number of hydrogen-bond acceptors (Lipinski definition) is 6. The van der Waals surface area contributed by atoms with Crippen LogP contribution in [0.15, 0.2) is 61.5 Å². The monoisotopic (exact) mass is 554 g/mol. The Kier molecular flexibility index (Phi) is 8.15. The summed E-state index contributed by atoms with van der Waals surface area (Å²) in [6.07, 6.45) is 15.4. The average molecular weight is 555 g/mol. The summed E-state index contributed by atoms with van der Waals surface area (Å²) in [5.74, 6) is 0.132. The second-order valence-corrected chi connectivity index (χ2v) is 11.0. The number of carbonyl (C=O) groups excluding carboxylic acids is 1. The van der Waals surface area contributed by atoms with Crippen molar-refractivity contribution in [1.29, 1.82) is 5.26 Å². The largest absolute Gasteiger partial charge is 0.405 e. The van der Waals surface area contributed by atoms with Gasteiger partial charge < -0.3 is 15.6 Å². The maximum Gasteiger partial charge on any atom is 0.254 e. The molecule has 5 rings (SSSR count). The minimum atomic E-state index is -0.573. The van der Waals surface area contributed by atoms with E-state index in [4.69, 9.17) is 16.1 Å². The maximum absolute atomic E-state index is 13.9. The van der Waals surface area contributed by atoms with Gasteiger partial charge in [-0.05, 0) is 80.5 Å². The van der Waals surface area contributed by atoms with E-state index in [1.165, 1.54) is 12.1 Å². The van der Waals surface area contributed by atoms with Crippen LogP contribution in [0.5, 0.6) is 0 Å². The van der Waals surface area contributed by atoms with Crippen molar-refractivity contribution in [2.45, 2.75) is 51.5 Å². The molecule has 0 radical (unpaired) electrons. The number of amides is 1. The minimum Gasteiger partial charge on any atom is -0.405 e. The number of nitriles is 1. The number of nitrogens with zero attached hydrogens (tertiary/aromatic N) is 6. The third-order valence-corrected chi connectivity index (χ3v) is 8.25. The third kappa shape index (κ3) is 5.71. The minimum absolute atomic E-state index is 0.150. The van der Waals surface area contributed by atoms with Crippen molar-refractivity contribution >= 4 is 16.9 Å². The van der Waals surface area contributed by atoms with Gasteiger partial charge in [0.05, 0.1) is 29.1 Å². The molecule has 41 heavy (non-hydrogen) atoms. The van der Waals surface area contributed by atoms with E-state index in [-0.39, 0.29) is 22.6 Å². The van der Waals surface area contributed by atoms with E-state index in [1.54, 1.807) is 17.4 Å². The molecule has 1 amide bonds. The molecule has 1 aliphatic carbocycles. The van der Waals surface area contributed by atoms with Crippen LogP contribution in [0.2, 0.25) is 0 Å². The number of halogens is 1. The molecule has 1 unspecified atom stereocenters. The van der Waals surface area contributed by atoms with Crippen LogP contribution in [0.4, 0.5) is 4.39 Å². The van der Waals surface area contributed by atoms with Crippen LogP contribution in [0.1, 0.15) is 61.9 Å². The van der Waals surface area contributed by atoms with Crippen LogP contribution in [0.25, 0.3) is 22.3 Å².